The molecule has 2 aromatic carbocycles. The molecule has 196 valence electrons. The summed E-state index contributed by atoms with van der Waals surface area (Å²) in [7, 11) is 1.77. The highest BCUT2D eigenvalue weighted by Crippen LogP contribution is 2.41. The Morgan fingerprint density at radius 3 is 2.49 bits per heavy atom. The molecule has 4 heterocycles. The van der Waals surface area contributed by atoms with Crippen molar-refractivity contribution >= 4 is 17.7 Å². The molecule has 0 radical (unpaired) electrons. The van der Waals surface area contributed by atoms with E-state index in [0.717, 1.165) is 41.6 Å². The fraction of sp³-hybridized carbons (Fsp3) is 0.267. The van der Waals surface area contributed by atoms with Gasteiger partial charge in [0.25, 0.3) is 5.91 Å². The number of aliphatic imine (C=N–C) groups is 1. The smallest absolute Gasteiger partial charge is 0.266 e. The Kier molecular flexibility index (Phi) is 5.54. The highest BCUT2D eigenvalue weighted by molar-refractivity contribution is 6.19. The van der Waals surface area contributed by atoms with Gasteiger partial charge in [0.1, 0.15) is 11.4 Å². The number of pyridine rings is 1. The minimum atomic E-state index is -0.520. The minimum Gasteiger partial charge on any atom is -0.289 e. The van der Waals surface area contributed by atoms with E-state index >= 15 is 0 Å². The van der Waals surface area contributed by atoms with Crippen molar-refractivity contribution < 1.29 is 13.6 Å². The van der Waals surface area contributed by atoms with Gasteiger partial charge in [-0.25, -0.2) is 14.4 Å². The number of fused-ring (bicyclic) bond motifs is 5. The lowest BCUT2D eigenvalue weighted by Crippen LogP contribution is -2.51. The van der Waals surface area contributed by atoms with Crippen LogP contribution in [0.2, 0.25) is 0 Å². The van der Waals surface area contributed by atoms with Crippen LogP contribution in [0.15, 0.2) is 71.7 Å². The van der Waals surface area contributed by atoms with Crippen LogP contribution in [0.3, 0.4) is 0 Å². The molecule has 0 N–H and O–H groups in total. The molecule has 1 saturated carbocycles. The van der Waals surface area contributed by atoms with Crippen LogP contribution in [0.5, 0.6) is 0 Å². The third kappa shape index (κ3) is 4.00. The largest absolute Gasteiger partial charge is 0.289 e. The second kappa shape index (κ2) is 9.11. The molecule has 2 atom stereocenters. The van der Waals surface area contributed by atoms with Crippen molar-refractivity contribution in [2.75, 3.05) is 11.9 Å². The maximum Gasteiger partial charge on any atom is 0.266 e. The standard InChI is InChI=1S/C30H26F2N6O/c1-36-29(39)27-25(16-18-10-14-21(31)15-11-18)37(35-28(27)38-24-6-2-5-23(24)34-30(36)38)17-19-8-12-20(13-9-19)22-4-3-7-26(32)33-22/h3-4,7-15,23-24H,2,5-6,16-17H2,1H3/t23-,24+/m1/s1. The Balaban J connectivity index is 1.29. The van der Waals surface area contributed by atoms with Crippen LogP contribution in [0.25, 0.3) is 11.3 Å². The van der Waals surface area contributed by atoms with Gasteiger partial charge >= 0.3 is 0 Å². The first-order valence-corrected chi connectivity index (χ1v) is 13.2. The number of hydrogen-bond donors (Lipinski definition) is 0. The number of guanidine groups is 1. The number of aromatic nitrogens is 3. The van der Waals surface area contributed by atoms with Gasteiger partial charge in [-0.3, -0.25) is 19.3 Å². The number of carbonyl (C=O) groups excluding carboxylic acids is 1. The van der Waals surface area contributed by atoms with E-state index in [0.29, 0.717) is 36.0 Å². The van der Waals surface area contributed by atoms with E-state index in [2.05, 4.69) is 9.88 Å². The molecule has 2 aromatic heterocycles. The summed E-state index contributed by atoms with van der Waals surface area (Å²) in [5, 5.41) is 5.02. The average Bonchev–Trinajstić information content (AvgIpc) is 3.63. The van der Waals surface area contributed by atoms with Crippen molar-refractivity contribution in [3.8, 4) is 11.3 Å². The summed E-state index contributed by atoms with van der Waals surface area (Å²) in [6.45, 7) is 0.436. The molecule has 0 saturated heterocycles. The SMILES string of the molecule is CN1C(=O)c2c(nn(Cc3ccc(-c4cccc(F)n4)cc3)c2Cc2ccc(F)cc2)N2C1=N[C@@H]1CCC[C@@H]12. The van der Waals surface area contributed by atoms with Crippen molar-refractivity contribution in [1.29, 1.82) is 0 Å². The van der Waals surface area contributed by atoms with Gasteiger partial charge in [-0.2, -0.15) is 9.49 Å². The van der Waals surface area contributed by atoms with Gasteiger partial charge in [-0.1, -0.05) is 42.5 Å². The number of amides is 1. The zero-order valence-electron chi connectivity index (χ0n) is 21.4. The topological polar surface area (TPSA) is 66.6 Å². The molecule has 7 nitrogen and oxygen atoms in total. The van der Waals surface area contributed by atoms with E-state index in [-0.39, 0.29) is 23.8 Å². The van der Waals surface area contributed by atoms with Crippen LogP contribution < -0.4 is 4.90 Å². The molecule has 0 spiro atoms. The molecule has 1 amide bonds. The lowest BCUT2D eigenvalue weighted by Gasteiger charge is -2.34. The molecule has 39 heavy (non-hydrogen) atoms. The first kappa shape index (κ1) is 23.7. The monoisotopic (exact) mass is 524 g/mol. The van der Waals surface area contributed by atoms with Gasteiger partial charge in [0, 0.05) is 19.0 Å². The molecule has 1 fully saturated rings. The summed E-state index contributed by atoms with van der Waals surface area (Å²) in [5.74, 6) is 0.378. The highest BCUT2D eigenvalue weighted by atomic mass is 19.1. The number of hydrogen-bond acceptors (Lipinski definition) is 5. The molecule has 9 heteroatoms. The molecule has 7 rings (SSSR count). The van der Waals surface area contributed by atoms with Gasteiger partial charge in [-0.15, -0.1) is 0 Å². The normalized spacial score (nSPS) is 19.7. The lowest BCUT2D eigenvalue weighted by atomic mass is 10.0. The van der Waals surface area contributed by atoms with Crippen molar-refractivity contribution in [1.82, 2.24) is 19.7 Å². The number of nitrogens with zero attached hydrogens (tertiary/aromatic N) is 6. The fourth-order valence-electron chi connectivity index (χ4n) is 5.99. The maximum atomic E-state index is 13.7. The van der Waals surface area contributed by atoms with Gasteiger partial charge in [0.2, 0.25) is 11.9 Å². The Morgan fingerprint density at radius 1 is 0.949 bits per heavy atom. The number of carbonyl (C=O) groups is 1. The fourth-order valence-corrected chi connectivity index (χ4v) is 5.99. The number of halogens is 2. The first-order valence-electron chi connectivity index (χ1n) is 13.2. The third-order valence-electron chi connectivity index (χ3n) is 7.94. The molecule has 3 aliphatic rings. The van der Waals surface area contributed by atoms with E-state index < -0.39 is 5.95 Å². The van der Waals surface area contributed by atoms with E-state index in [1.165, 1.54) is 18.2 Å². The second-order valence-electron chi connectivity index (χ2n) is 10.4. The van der Waals surface area contributed by atoms with Crippen LogP contribution in [0.1, 0.15) is 46.4 Å². The number of anilines is 1. The third-order valence-corrected chi connectivity index (χ3v) is 7.94. The van der Waals surface area contributed by atoms with Gasteiger partial charge in [0.15, 0.2) is 5.82 Å². The molecule has 1 aliphatic carbocycles. The van der Waals surface area contributed by atoms with Gasteiger partial charge < -0.3 is 0 Å². The summed E-state index contributed by atoms with van der Waals surface area (Å²) in [6.07, 6.45) is 3.56. The average molecular weight is 525 g/mol. The van der Waals surface area contributed by atoms with E-state index in [9.17, 15) is 13.6 Å². The Morgan fingerprint density at radius 2 is 1.72 bits per heavy atom. The molecule has 0 bridgehead atoms. The number of benzene rings is 2. The number of rotatable bonds is 5. The quantitative estimate of drug-likeness (QED) is 0.343. The summed E-state index contributed by atoms with van der Waals surface area (Å²) in [6, 6.07) is 19.2. The predicted octanol–water partition coefficient (Wildman–Crippen LogP) is 5.05. The van der Waals surface area contributed by atoms with Crippen molar-refractivity contribution in [2.45, 2.75) is 44.3 Å². The Bertz CT molecular complexity index is 1610. The Hall–Kier alpha value is -4.40. The van der Waals surface area contributed by atoms with Crippen LogP contribution >= 0.6 is 0 Å². The van der Waals surface area contributed by atoms with Gasteiger partial charge in [0.05, 0.1) is 30.0 Å². The summed E-state index contributed by atoms with van der Waals surface area (Å²) >= 11 is 0. The second-order valence-corrected chi connectivity index (χ2v) is 10.4. The van der Waals surface area contributed by atoms with E-state index in [1.54, 1.807) is 36.2 Å². The Labute approximate surface area is 224 Å². The van der Waals surface area contributed by atoms with E-state index in [4.69, 9.17) is 10.1 Å². The molecule has 0 unspecified atom stereocenters. The summed E-state index contributed by atoms with van der Waals surface area (Å²) < 4.78 is 29.2. The lowest BCUT2D eigenvalue weighted by molar-refractivity contribution is 0.0864. The zero-order valence-corrected chi connectivity index (χ0v) is 21.4. The van der Waals surface area contributed by atoms with E-state index in [1.807, 2.05) is 28.9 Å². The molecule has 4 aromatic rings. The summed E-state index contributed by atoms with van der Waals surface area (Å²) in [5.41, 5.74) is 4.60. The van der Waals surface area contributed by atoms with Crippen LogP contribution in [-0.4, -0.2) is 50.7 Å². The summed E-state index contributed by atoms with van der Waals surface area (Å²) in [4.78, 5) is 26.4. The zero-order chi connectivity index (χ0) is 26.7. The van der Waals surface area contributed by atoms with Crippen molar-refractivity contribution in [3.05, 3.63) is 101 Å². The predicted molar refractivity (Wildman–Crippen MR) is 144 cm³/mol. The highest BCUT2D eigenvalue weighted by Gasteiger charge is 2.49. The molecular formula is C30H26F2N6O. The first-order chi connectivity index (χ1) is 19.0. The molecule has 2 aliphatic heterocycles. The maximum absolute atomic E-state index is 13.7. The minimum absolute atomic E-state index is 0.129. The van der Waals surface area contributed by atoms with Crippen LogP contribution in [0.4, 0.5) is 14.6 Å². The molecular weight excluding hydrogens is 498 g/mol. The van der Waals surface area contributed by atoms with Crippen molar-refractivity contribution in [3.63, 3.8) is 0 Å². The van der Waals surface area contributed by atoms with Crippen LogP contribution in [-0.2, 0) is 13.0 Å². The van der Waals surface area contributed by atoms with Crippen molar-refractivity contribution in [2.24, 2.45) is 4.99 Å². The van der Waals surface area contributed by atoms with Gasteiger partial charge in [-0.05, 0) is 54.7 Å². The van der Waals surface area contributed by atoms with Crippen LogP contribution in [0, 0.1) is 11.8 Å².